The molecule has 1 aliphatic rings. The Morgan fingerprint density at radius 3 is 2.50 bits per heavy atom. The van der Waals surface area contributed by atoms with Crippen molar-refractivity contribution in [2.75, 3.05) is 19.1 Å². The highest BCUT2D eigenvalue weighted by Crippen LogP contribution is 2.46. The lowest BCUT2D eigenvalue weighted by atomic mass is 9.84. The van der Waals surface area contributed by atoms with Crippen LogP contribution in [0.2, 0.25) is 0 Å². The number of hydrogen-bond acceptors (Lipinski definition) is 4. The first-order valence-corrected chi connectivity index (χ1v) is 8.46. The van der Waals surface area contributed by atoms with Crippen LogP contribution in [0.5, 0.6) is 5.75 Å². The number of carbonyl (C=O) groups excluding carboxylic acids is 1. The molecule has 134 valence electrons. The molecule has 5 heteroatoms. The third-order valence-corrected chi connectivity index (χ3v) is 4.77. The van der Waals surface area contributed by atoms with Crippen LogP contribution in [-0.2, 0) is 5.41 Å². The third-order valence-electron chi connectivity index (χ3n) is 4.77. The van der Waals surface area contributed by atoms with Gasteiger partial charge < -0.3 is 9.64 Å². The monoisotopic (exact) mass is 349 g/mol. The van der Waals surface area contributed by atoms with Crippen LogP contribution in [0.1, 0.15) is 29.8 Å². The molecule has 1 aliphatic heterocycles. The van der Waals surface area contributed by atoms with Crippen LogP contribution in [-0.4, -0.2) is 26.3 Å². The van der Waals surface area contributed by atoms with Gasteiger partial charge in [-0.05, 0) is 42.0 Å². The van der Waals surface area contributed by atoms with Crippen LogP contribution >= 0.6 is 0 Å². The number of rotatable bonds is 4. The summed E-state index contributed by atoms with van der Waals surface area (Å²) >= 11 is 0. The van der Waals surface area contributed by atoms with Crippen molar-refractivity contribution in [1.29, 1.82) is 0 Å². The van der Waals surface area contributed by atoms with E-state index in [1.54, 1.807) is 37.6 Å². The molecule has 0 atom stereocenters. The van der Waals surface area contributed by atoms with Gasteiger partial charge in [-0.25, -0.2) is 5.43 Å². The smallest absolute Gasteiger partial charge is 0.271 e. The summed E-state index contributed by atoms with van der Waals surface area (Å²) in [5.74, 6) is 0.450. The molecule has 0 radical (unpaired) electrons. The maximum atomic E-state index is 12.1. The Morgan fingerprint density at radius 1 is 1.15 bits per heavy atom. The van der Waals surface area contributed by atoms with Gasteiger partial charge in [-0.3, -0.25) is 4.79 Å². The summed E-state index contributed by atoms with van der Waals surface area (Å²) in [6.07, 6.45) is 3.56. The molecule has 3 rings (SSSR count). The summed E-state index contributed by atoms with van der Waals surface area (Å²) < 4.78 is 5.09. The molecule has 2 aromatic carbocycles. The van der Waals surface area contributed by atoms with Gasteiger partial charge in [0.25, 0.3) is 5.91 Å². The van der Waals surface area contributed by atoms with E-state index >= 15 is 0 Å². The Kier molecular flexibility index (Phi) is 4.80. The van der Waals surface area contributed by atoms with Gasteiger partial charge in [0.1, 0.15) is 5.75 Å². The van der Waals surface area contributed by atoms with Crippen molar-refractivity contribution >= 4 is 17.8 Å². The second-order valence-electron chi connectivity index (χ2n) is 6.70. The largest absolute Gasteiger partial charge is 0.497 e. The zero-order valence-electron chi connectivity index (χ0n) is 15.5. The lowest BCUT2D eigenvalue weighted by Gasteiger charge is -2.23. The van der Waals surface area contributed by atoms with Gasteiger partial charge in [-0.1, -0.05) is 32.0 Å². The van der Waals surface area contributed by atoms with Gasteiger partial charge in [0, 0.05) is 35.6 Å². The van der Waals surface area contributed by atoms with E-state index in [4.69, 9.17) is 4.74 Å². The van der Waals surface area contributed by atoms with E-state index in [1.807, 2.05) is 19.2 Å². The van der Waals surface area contributed by atoms with E-state index in [1.165, 1.54) is 11.3 Å². The maximum Gasteiger partial charge on any atom is 0.271 e. The van der Waals surface area contributed by atoms with Crippen molar-refractivity contribution in [3.63, 3.8) is 0 Å². The molecule has 0 unspecified atom stereocenters. The van der Waals surface area contributed by atoms with Crippen molar-refractivity contribution in [3.05, 3.63) is 71.4 Å². The number of benzene rings is 2. The van der Waals surface area contributed by atoms with Gasteiger partial charge in [0.05, 0.1) is 7.11 Å². The van der Waals surface area contributed by atoms with E-state index in [0.717, 1.165) is 5.70 Å². The minimum atomic E-state index is -0.260. The Labute approximate surface area is 154 Å². The van der Waals surface area contributed by atoms with Gasteiger partial charge in [0.2, 0.25) is 0 Å². The van der Waals surface area contributed by atoms with Crippen molar-refractivity contribution in [2.24, 2.45) is 5.10 Å². The second kappa shape index (κ2) is 7.04. The normalized spacial score (nSPS) is 16.8. The van der Waals surface area contributed by atoms with Gasteiger partial charge in [0.15, 0.2) is 0 Å². The number of nitrogens with zero attached hydrogens (tertiary/aromatic N) is 2. The predicted molar refractivity (Wildman–Crippen MR) is 105 cm³/mol. The Bertz CT molecular complexity index is 867. The van der Waals surface area contributed by atoms with Crippen LogP contribution in [0.25, 0.3) is 0 Å². The molecule has 0 bridgehead atoms. The summed E-state index contributed by atoms with van der Waals surface area (Å²) in [4.78, 5) is 14.3. The lowest BCUT2D eigenvalue weighted by Crippen LogP contribution is -2.23. The fourth-order valence-electron chi connectivity index (χ4n) is 3.31. The molecule has 2 aromatic rings. The summed E-state index contributed by atoms with van der Waals surface area (Å²) in [5, 5.41) is 4.06. The molecule has 5 nitrogen and oxygen atoms in total. The number of carbonyl (C=O) groups is 1. The highest BCUT2D eigenvalue weighted by atomic mass is 16.5. The number of hydrogen-bond donors (Lipinski definition) is 1. The molecule has 1 amide bonds. The fraction of sp³-hybridized carbons (Fsp3) is 0.238. The first-order valence-electron chi connectivity index (χ1n) is 8.46. The number of allylic oxidation sites excluding steroid dienone is 2. The molecular formula is C21H23N3O2. The van der Waals surface area contributed by atoms with Crippen LogP contribution in [0.3, 0.4) is 0 Å². The molecule has 0 fully saturated rings. The number of nitrogens with one attached hydrogen (secondary N) is 1. The molecular weight excluding hydrogens is 326 g/mol. The molecule has 0 saturated carbocycles. The van der Waals surface area contributed by atoms with Gasteiger partial charge in [-0.15, -0.1) is 0 Å². The topological polar surface area (TPSA) is 53.9 Å². The van der Waals surface area contributed by atoms with Crippen LogP contribution in [0.4, 0.5) is 5.69 Å². The lowest BCUT2D eigenvalue weighted by molar-refractivity contribution is 0.0955. The Balaban J connectivity index is 1.70. The van der Waals surface area contributed by atoms with Gasteiger partial charge in [-0.2, -0.15) is 5.10 Å². The first-order chi connectivity index (χ1) is 12.4. The van der Waals surface area contributed by atoms with E-state index in [0.29, 0.717) is 11.3 Å². The summed E-state index contributed by atoms with van der Waals surface area (Å²) in [6, 6.07) is 15.2. The van der Waals surface area contributed by atoms with Gasteiger partial charge >= 0.3 is 0 Å². The standard InChI is InChI=1S/C21H23N3O2/c1-21(2)17-7-5-6-8-18(17)24(3)19(21)13-14-22-23-20(25)15-9-11-16(26-4)12-10-15/h5-14H,1-4H3,(H,23,25)/b19-13+,22-14-. The van der Waals surface area contributed by atoms with Crippen molar-refractivity contribution < 1.29 is 9.53 Å². The van der Waals surface area contributed by atoms with Crippen LogP contribution < -0.4 is 15.1 Å². The number of ether oxygens (including phenoxy) is 1. The van der Waals surface area contributed by atoms with Crippen molar-refractivity contribution in [2.45, 2.75) is 19.3 Å². The average molecular weight is 349 g/mol. The summed E-state index contributed by atoms with van der Waals surface area (Å²) in [5.41, 5.74) is 6.57. The molecule has 0 spiro atoms. The minimum absolute atomic E-state index is 0.114. The number of para-hydroxylation sites is 1. The zero-order valence-corrected chi connectivity index (χ0v) is 15.5. The highest BCUT2D eigenvalue weighted by Gasteiger charge is 2.37. The Hall–Kier alpha value is -3.08. The quantitative estimate of drug-likeness (QED) is 0.676. The average Bonchev–Trinajstić information content (AvgIpc) is 2.85. The first kappa shape index (κ1) is 17.7. The second-order valence-corrected chi connectivity index (χ2v) is 6.70. The molecule has 0 saturated heterocycles. The minimum Gasteiger partial charge on any atom is -0.497 e. The number of methoxy groups -OCH3 is 1. The number of amides is 1. The SMILES string of the molecule is COc1ccc(C(=O)N/N=C\C=C2\N(C)c3ccccc3C2(C)C)cc1. The third kappa shape index (κ3) is 3.20. The number of anilines is 1. The van der Waals surface area contributed by atoms with Crippen LogP contribution in [0, 0.1) is 0 Å². The van der Waals surface area contributed by atoms with Crippen molar-refractivity contribution in [3.8, 4) is 5.75 Å². The summed E-state index contributed by atoms with van der Waals surface area (Å²) in [7, 11) is 3.63. The van der Waals surface area contributed by atoms with Crippen molar-refractivity contribution in [1.82, 2.24) is 5.43 Å². The number of likely N-dealkylation sites (N-methyl/N-ethyl adjacent to an activating group) is 1. The number of hydrazone groups is 1. The van der Waals surface area contributed by atoms with E-state index in [9.17, 15) is 4.79 Å². The van der Waals surface area contributed by atoms with E-state index in [-0.39, 0.29) is 11.3 Å². The molecule has 1 heterocycles. The maximum absolute atomic E-state index is 12.1. The van der Waals surface area contributed by atoms with E-state index in [2.05, 4.69) is 47.5 Å². The highest BCUT2D eigenvalue weighted by molar-refractivity contribution is 5.94. The predicted octanol–water partition coefficient (Wildman–Crippen LogP) is 3.72. The summed E-state index contributed by atoms with van der Waals surface area (Å²) in [6.45, 7) is 4.37. The molecule has 26 heavy (non-hydrogen) atoms. The number of fused-ring (bicyclic) bond motifs is 1. The zero-order chi connectivity index (χ0) is 18.7. The molecule has 0 aliphatic carbocycles. The molecule has 1 N–H and O–H groups in total. The van der Waals surface area contributed by atoms with Crippen LogP contribution in [0.15, 0.2) is 65.4 Å². The fourth-order valence-corrected chi connectivity index (χ4v) is 3.31. The molecule has 0 aromatic heterocycles. The van der Waals surface area contributed by atoms with E-state index < -0.39 is 0 Å². The Morgan fingerprint density at radius 2 is 1.85 bits per heavy atom.